The van der Waals surface area contributed by atoms with E-state index in [0.717, 1.165) is 17.3 Å². The number of piperidine rings is 1. The molecule has 2 fully saturated rings. The van der Waals surface area contributed by atoms with Crippen LogP contribution in [0.3, 0.4) is 0 Å². The fourth-order valence-electron chi connectivity index (χ4n) is 3.56. The van der Waals surface area contributed by atoms with Crippen molar-refractivity contribution in [2.24, 2.45) is 5.92 Å². The Morgan fingerprint density at radius 1 is 1.31 bits per heavy atom. The molecule has 0 saturated carbocycles. The van der Waals surface area contributed by atoms with Gasteiger partial charge in [-0.1, -0.05) is 15.9 Å². The first-order chi connectivity index (χ1) is 12.4. The van der Waals surface area contributed by atoms with Crippen LogP contribution < -0.4 is 4.90 Å². The number of halogens is 2. The zero-order valence-corrected chi connectivity index (χ0v) is 17.6. The molecule has 2 atom stereocenters. The molecular formula is C18H20Br2N2O4. The van der Waals surface area contributed by atoms with Gasteiger partial charge in [0.05, 0.1) is 30.7 Å². The summed E-state index contributed by atoms with van der Waals surface area (Å²) in [5.41, 5.74) is 0.546. The summed E-state index contributed by atoms with van der Waals surface area (Å²) in [6.45, 7) is 3.29. The number of ether oxygens (including phenoxy) is 1. The minimum atomic E-state index is -0.518. The topological polar surface area (TPSA) is 66.9 Å². The highest BCUT2D eigenvalue weighted by Crippen LogP contribution is 2.34. The van der Waals surface area contributed by atoms with Crippen molar-refractivity contribution in [1.82, 2.24) is 4.90 Å². The first-order valence-electron chi connectivity index (χ1n) is 8.65. The predicted octanol–water partition coefficient (Wildman–Crippen LogP) is 3.12. The van der Waals surface area contributed by atoms with Gasteiger partial charge in [0.25, 0.3) is 5.91 Å². The maximum Gasteiger partial charge on any atom is 0.310 e. The van der Waals surface area contributed by atoms with Gasteiger partial charge in [0.15, 0.2) is 0 Å². The molecule has 8 heteroatoms. The van der Waals surface area contributed by atoms with E-state index in [1.165, 1.54) is 4.90 Å². The van der Waals surface area contributed by atoms with Crippen molar-refractivity contribution in [3.05, 3.63) is 27.1 Å². The fraction of sp³-hybridized carbons (Fsp3) is 0.500. The second kappa shape index (κ2) is 8.19. The summed E-state index contributed by atoms with van der Waals surface area (Å²) < 4.78 is 6.66. The second-order valence-electron chi connectivity index (χ2n) is 6.47. The van der Waals surface area contributed by atoms with Crippen LogP contribution in [0.1, 0.15) is 26.2 Å². The average Bonchev–Trinajstić information content (AvgIpc) is 2.90. The summed E-state index contributed by atoms with van der Waals surface area (Å²) in [7, 11) is 0. The molecule has 0 bridgehead atoms. The van der Waals surface area contributed by atoms with Gasteiger partial charge in [-0.2, -0.15) is 0 Å². The van der Waals surface area contributed by atoms with Crippen LogP contribution in [0.4, 0.5) is 5.69 Å². The van der Waals surface area contributed by atoms with Crippen molar-refractivity contribution in [1.29, 1.82) is 0 Å². The molecule has 1 aromatic rings. The van der Waals surface area contributed by atoms with Crippen LogP contribution in [0, 0.1) is 5.92 Å². The van der Waals surface area contributed by atoms with Gasteiger partial charge in [0.1, 0.15) is 0 Å². The lowest BCUT2D eigenvalue weighted by Crippen LogP contribution is -2.48. The van der Waals surface area contributed by atoms with E-state index < -0.39 is 6.04 Å². The Balaban J connectivity index is 1.77. The lowest BCUT2D eigenvalue weighted by atomic mass is 9.96. The van der Waals surface area contributed by atoms with Crippen molar-refractivity contribution < 1.29 is 19.1 Å². The van der Waals surface area contributed by atoms with E-state index in [0.29, 0.717) is 29.9 Å². The molecule has 140 valence electrons. The summed E-state index contributed by atoms with van der Waals surface area (Å²) in [6, 6.07) is 4.83. The first kappa shape index (κ1) is 19.5. The maximum atomic E-state index is 13.0. The normalized spacial score (nSPS) is 24.2. The summed E-state index contributed by atoms with van der Waals surface area (Å²) in [5, 5.41) is 0. The van der Waals surface area contributed by atoms with Crippen LogP contribution in [0.25, 0.3) is 0 Å². The summed E-state index contributed by atoms with van der Waals surface area (Å²) in [4.78, 5) is 40.8. The molecule has 2 amide bonds. The molecule has 6 nitrogen and oxygen atoms in total. The number of carbonyl (C=O) groups excluding carboxylic acids is 3. The molecule has 0 aromatic heterocycles. The average molecular weight is 488 g/mol. The number of benzene rings is 1. The Morgan fingerprint density at radius 2 is 2.08 bits per heavy atom. The maximum absolute atomic E-state index is 13.0. The number of hydrogen-bond donors (Lipinski definition) is 0. The van der Waals surface area contributed by atoms with Gasteiger partial charge in [-0.3, -0.25) is 19.3 Å². The van der Waals surface area contributed by atoms with Crippen LogP contribution in [0.15, 0.2) is 27.1 Å². The molecule has 26 heavy (non-hydrogen) atoms. The van der Waals surface area contributed by atoms with Gasteiger partial charge in [0.2, 0.25) is 5.91 Å². The molecule has 2 aliphatic heterocycles. The van der Waals surface area contributed by atoms with Gasteiger partial charge < -0.3 is 4.74 Å². The third-order valence-corrected chi connectivity index (χ3v) is 5.92. The zero-order chi connectivity index (χ0) is 18.8. The molecule has 2 saturated heterocycles. The lowest BCUT2D eigenvalue weighted by molar-refractivity contribution is -0.150. The van der Waals surface area contributed by atoms with E-state index in [9.17, 15) is 14.4 Å². The minimum absolute atomic E-state index is 0.136. The smallest absolute Gasteiger partial charge is 0.310 e. The van der Waals surface area contributed by atoms with Crippen LogP contribution in [-0.2, 0) is 19.1 Å². The van der Waals surface area contributed by atoms with Gasteiger partial charge in [0, 0.05) is 15.5 Å². The van der Waals surface area contributed by atoms with Crippen LogP contribution in [0.5, 0.6) is 0 Å². The number of imide groups is 1. The number of esters is 1. The first-order valence-corrected chi connectivity index (χ1v) is 10.2. The Hall–Kier alpha value is -1.25. The quantitative estimate of drug-likeness (QED) is 0.482. The number of carbonyl (C=O) groups is 3. The molecular weight excluding hydrogens is 468 g/mol. The van der Waals surface area contributed by atoms with E-state index in [2.05, 4.69) is 31.9 Å². The van der Waals surface area contributed by atoms with E-state index in [1.54, 1.807) is 25.1 Å². The third-order valence-electron chi connectivity index (χ3n) is 4.79. The molecule has 0 N–H and O–H groups in total. The van der Waals surface area contributed by atoms with E-state index >= 15 is 0 Å². The van der Waals surface area contributed by atoms with Gasteiger partial charge in [-0.25, -0.2) is 4.90 Å². The van der Waals surface area contributed by atoms with Crippen molar-refractivity contribution in [2.75, 3.05) is 24.6 Å². The van der Waals surface area contributed by atoms with Gasteiger partial charge in [-0.05, 0) is 60.4 Å². The van der Waals surface area contributed by atoms with Gasteiger partial charge >= 0.3 is 5.97 Å². The van der Waals surface area contributed by atoms with Crippen molar-refractivity contribution in [3.8, 4) is 0 Å². The van der Waals surface area contributed by atoms with E-state index in [-0.39, 0.29) is 30.1 Å². The van der Waals surface area contributed by atoms with Crippen molar-refractivity contribution in [3.63, 3.8) is 0 Å². The Kier molecular flexibility index (Phi) is 6.14. The summed E-state index contributed by atoms with van der Waals surface area (Å²) in [6.07, 6.45) is 1.70. The minimum Gasteiger partial charge on any atom is -0.466 e. The SMILES string of the molecule is CCOC(=O)[C@H]1CCCN([C@@H]2CC(=O)N(c3ccc(Br)cc3Br)C2=O)C1. The number of amides is 2. The van der Waals surface area contributed by atoms with E-state index in [1.807, 2.05) is 4.90 Å². The largest absolute Gasteiger partial charge is 0.466 e. The zero-order valence-electron chi connectivity index (χ0n) is 14.4. The highest BCUT2D eigenvalue weighted by Gasteiger charge is 2.45. The number of likely N-dealkylation sites (tertiary alicyclic amines) is 1. The fourth-order valence-corrected chi connectivity index (χ4v) is 4.78. The number of nitrogens with zero attached hydrogens (tertiary/aromatic N) is 2. The number of anilines is 1. The molecule has 2 aliphatic rings. The lowest BCUT2D eigenvalue weighted by Gasteiger charge is -2.34. The van der Waals surface area contributed by atoms with Crippen LogP contribution in [-0.4, -0.2) is 48.4 Å². The molecule has 0 aliphatic carbocycles. The molecule has 0 radical (unpaired) electrons. The molecule has 3 rings (SSSR count). The Morgan fingerprint density at radius 3 is 2.77 bits per heavy atom. The monoisotopic (exact) mass is 486 g/mol. The second-order valence-corrected chi connectivity index (χ2v) is 8.24. The van der Waals surface area contributed by atoms with Crippen molar-refractivity contribution in [2.45, 2.75) is 32.2 Å². The van der Waals surface area contributed by atoms with Gasteiger partial charge in [-0.15, -0.1) is 0 Å². The Bertz CT molecular complexity index is 740. The summed E-state index contributed by atoms with van der Waals surface area (Å²) >= 11 is 6.79. The number of hydrogen-bond acceptors (Lipinski definition) is 5. The predicted molar refractivity (Wildman–Crippen MR) is 104 cm³/mol. The summed E-state index contributed by atoms with van der Waals surface area (Å²) in [5.74, 6) is -0.912. The highest BCUT2D eigenvalue weighted by atomic mass is 79.9. The standard InChI is InChI=1S/C18H20Br2N2O4/c1-2-26-18(25)11-4-3-7-21(10-11)15-9-16(23)22(17(15)24)14-6-5-12(19)8-13(14)20/h5-6,8,11,15H,2-4,7,9-10H2,1H3/t11-,15+/m0/s1. The molecule has 0 spiro atoms. The van der Waals surface area contributed by atoms with Crippen molar-refractivity contribution >= 4 is 55.3 Å². The van der Waals surface area contributed by atoms with E-state index in [4.69, 9.17) is 4.74 Å². The molecule has 0 unspecified atom stereocenters. The Labute approximate surface area is 169 Å². The van der Waals surface area contributed by atoms with Crippen LogP contribution in [0.2, 0.25) is 0 Å². The highest BCUT2D eigenvalue weighted by molar-refractivity contribution is 9.11. The van der Waals surface area contributed by atoms with Crippen LogP contribution >= 0.6 is 31.9 Å². The molecule has 1 aromatic carbocycles. The third kappa shape index (κ3) is 3.87. The molecule has 2 heterocycles. The number of rotatable bonds is 4.